The van der Waals surface area contributed by atoms with Crippen LogP contribution in [0.2, 0.25) is 0 Å². The van der Waals surface area contributed by atoms with Crippen molar-refractivity contribution in [3.63, 3.8) is 0 Å². The Balaban J connectivity index is 1.87. The van der Waals surface area contributed by atoms with Crippen LogP contribution in [-0.4, -0.2) is 6.61 Å². The summed E-state index contributed by atoms with van der Waals surface area (Å²) in [6, 6.07) is 11.4. The molecule has 32 heavy (non-hydrogen) atoms. The number of allylic oxidation sites excluding steroid dienone is 2. The lowest BCUT2D eigenvalue weighted by molar-refractivity contribution is -0.143. The summed E-state index contributed by atoms with van der Waals surface area (Å²) in [4.78, 5) is 0. The van der Waals surface area contributed by atoms with E-state index in [-0.39, 0.29) is 23.7 Å². The first kappa shape index (κ1) is 24.4. The molecule has 7 heteroatoms. The van der Waals surface area contributed by atoms with E-state index in [9.17, 15) is 26.3 Å². The van der Waals surface area contributed by atoms with Crippen LogP contribution in [0.3, 0.4) is 0 Å². The third kappa shape index (κ3) is 5.55. The van der Waals surface area contributed by atoms with Crippen molar-refractivity contribution in [3.8, 4) is 0 Å². The second-order valence-corrected chi connectivity index (χ2v) is 8.39. The molecule has 2 aromatic rings. The van der Waals surface area contributed by atoms with E-state index < -0.39 is 29.6 Å². The molecule has 0 bridgehead atoms. The lowest BCUT2D eigenvalue weighted by Crippen LogP contribution is -2.35. The van der Waals surface area contributed by atoms with Gasteiger partial charge in [-0.3, -0.25) is 0 Å². The highest BCUT2D eigenvalue weighted by atomic mass is 19.4. The molecule has 0 spiro atoms. The highest BCUT2D eigenvalue weighted by Crippen LogP contribution is 2.43. The number of rotatable bonds is 5. The highest BCUT2D eigenvalue weighted by molar-refractivity contribution is 5.35. The van der Waals surface area contributed by atoms with Gasteiger partial charge in [0.1, 0.15) is 0 Å². The minimum atomic E-state index is -4.88. The second-order valence-electron chi connectivity index (χ2n) is 8.39. The molecule has 0 unspecified atom stereocenters. The zero-order valence-electron chi connectivity index (χ0n) is 18.0. The summed E-state index contributed by atoms with van der Waals surface area (Å²) in [7, 11) is 0. The maximum atomic E-state index is 13.2. The van der Waals surface area contributed by atoms with E-state index >= 15 is 0 Å². The molecule has 2 aromatic carbocycles. The second kappa shape index (κ2) is 9.30. The van der Waals surface area contributed by atoms with Crippen molar-refractivity contribution in [3.05, 3.63) is 82.4 Å². The lowest BCUT2D eigenvalue weighted by Gasteiger charge is -2.39. The summed E-state index contributed by atoms with van der Waals surface area (Å²) in [5.74, 6) is 0. The Labute approximate surface area is 184 Å². The van der Waals surface area contributed by atoms with Crippen molar-refractivity contribution in [2.45, 2.75) is 63.4 Å². The normalized spacial score (nSPS) is 20.8. The molecule has 0 aromatic heterocycles. The number of benzene rings is 2. The first-order valence-corrected chi connectivity index (χ1v) is 10.6. The van der Waals surface area contributed by atoms with E-state index in [0.29, 0.717) is 0 Å². The van der Waals surface area contributed by atoms with Crippen molar-refractivity contribution in [1.82, 2.24) is 0 Å². The van der Waals surface area contributed by atoms with Crippen molar-refractivity contribution in [2.75, 3.05) is 6.61 Å². The fourth-order valence-electron chi connectivity index (χ4n) is 4.24. The molecular weight excluding hydrogens is 430 g/mol. The third-order valence-electron chi connectivity index (χ3n) is 6.33. The van der Waals surface area contributed by atoms with Crippen LogP contribution in [0, 0.1) is 0 Å². The van der Waals surface area contributed by atoms with E-state index in [2.05, 4.69) is 6.08 Å². The summed E-state index contributed by atoms with van der Waals surface area (Å²) >= 11 is 0. The minimum Gasteiger partial charge on any atom is -0.373 e. The number of alkyl halides is 6. The molecule has 0 saturated heterocycles. The van der Waals surface area contributed by atoms with Crippen molar-refractivity contribution < 1.29 is 31.1 Å². The molecule has 1 aliphatic carbocycles. The van der Waals surface area contributed by atoms with Gasteiger partial charge in [0.25, 0.3) is 0 Å². The Morgan fingerprint density at radius 2 is 1.44 bits per heavy atom. The van der Waals surface area contributed by atoms with Crippen LogP contribution in [-0.2, 0) is 22.5 Å². The van der Waals surface area contributed by atoms with Crippen molar-refractivity contribution in [2.24, 2.45) is 0 Å². The SMILES string of the molecule is CC=C1CCC(CO[C@H](C)c2cc(C(F)(F)F)cc(C(F)(F)F)c2)(c2ccccc2)CC1. The van der Waals surface area contributed by atoms with Crippen molar-refractivity contribution in [1.29, 1.82) is 0 Å². The zero-order chi connectivity index (χ0) is 23.6. The van der Waals surface area contributed by atoms with Gasteiger partial charge in [-0.25, -0.2) is 0 Å². The molecule has 1 atom stereocenters. The first-order valence-electron chi connectivity index (χ1n) is 10.6. The smallest absolute Gasteiger partial charge is 0.373 e. The van der Waals surface area contributed by atoms with E-state index in [1.54, 1.807) is 0 Å². The van der Waals surface area contributed by atoms with E-state index in [4.69, 9.17) is 4.74 Å². The standard InChI is InChI=1S/C25H26F6O/c1-3-18-9-11-23(12-10-18,20-7-5-4-6-8-20)16-32-17(2)19-13-21(24(26,27)28)15-22(14-19)25(29,30)31/h3-8,13-15,17H,9-12,16H2,1-2H3/t17-,23?/m1/s1. The predicted octanol–water partition coefficient (Wildman–Crippen LogP) is 8.26. The van der Waals surface area contributed by atoms with Crippen LogP contribution in [0.4, 0.5) is 26.3 Å². The van der Waals surface area contributed by atoms with Crippen LogP contribution in [0.25, 0.3) is 0 Å². The maximum absolute atomic E-state index is 13.2. The zero-order valence-corrected chi connectivity index (χ0v) is 18.0. The lowest BCUT2D eigenvalue weighted by atomic mass is 9.68. The molecule has 1 fully saturated rings. The van der Waals surface area contributed by atoms with Gasteiger partial charge >= 0.3 is 12.4 Å². The fourth-order valence-corrected chi connectivity index (χ4v) is 4.24. The molecule has 0 amide bonds. The van der Waals surface area contributed by atoms with E-state index in [1.165, 1.54) is 12.5 Å². The summed E-state index contributed by atoms with van der Waals surface area (Å²) in [6.07, 6.45) is -5.22. The molecule has 1 saturated carbocycles. The van der Waals surface area contributed by atoms with Gasteiger partial charge in [-0.15, -0.1) is 0 Å². The van der Waals surface area contributed by atoms with Gasteiger partial charge in [0, 0.05) is 5.41 Å². The van der Waals surface area contributed by atoms with Gasteiger partial charge in [-0.2, -0.15) is 26.3 Å². The Hall–Kier alpha value is -2.28. The van der Waals surface area contributed by atoms with Gasteiger partial charge < -0.3 is 4.74 Å². The summed E-state index contributed by atoms with van der Waals surface area (Å²) in [5, 5.41) is 0. The molecular formula is C25H26F6O. The topological polar surface area (TPSA) is 9.23 Å². The summed E-state index contributed by atoms with van der Waals surface area (Å²) < 4.78 is 85.3. The van der Waals surface area contributed by atoms with Crippen LogP contribution in [0.1, 0.15) is 67.9 Å². The number of halogens is 6. The molecule has 174 valence electrons. The van der Waals surface area contributed by atoms with Gasteiger partial charge in [-0.1, -0.05) is 42.0 Å². The number of hydrogen-bond donors (Lipinski definition) is 0. The fraction of sp³-hybridized carbons (Fsp3) is 0.440. The van der Waals surface area contributed by atoms with Crippen LogP contribution >= 0.6 is 0 Å². The van der Waals surface area contributed by atoms with Gasteiger partial charge in [0.05, 0.1) is 23.8 Å². The first-order chi connectivity index (χ1) is 14.9. The number of hydrogen-bond acceptors (Lipinski definition) is 1. The quantitative estimate of drug-likeness (QED) is 0.325. The maximum Gasteiger partial charge on any atom is 0.416 e. The molecule has 1 nitrogen and oxygen atoms in total. The van der Waals surface area contributed by atoms with Gasteiger partial charge in [-0.05, 0) is 68.9 Å². The number of ether oxygens (including phenoxy) is 1. The Bertz CT molecular complexity index is 901. The van der Waals surface area contributed by atoms with Crippen LogP contribution in [0.15, 0.2) is 60.2 Å². The Kier molecular flexibility index (Phi) is 7.08. The van der Waals surface area contributed by atoms with Crippen LogP contribution < -0.4 is 0 Å². The van der Waals surface area contributed by atoms with Gasteiger partial charge in [0.15, 0.2) is 0 Å². The van der Waals surface area contributed by atoms with Crippen molar-refractivity contribution >= 4 is 0 Å². The predicted molar refractivity (Wildman–Crippen MR) is 111 cm³/mol. The molecule has 3 rings (SSSR count). The summed E-state index contributed by atoms with van der Waals surface area (Å²) in [5.41, 5.74) is -0.715. The molecule has 0 N–H and O–H groups in total. The largest absolute Gasteiger partial charge is 0.416 e. The molecule has 0 heterocycles. The summed E-state index contributed by atoms with van der Waals surface area (Å²) in [6.45, 7) is 3.70. The van der Waals surface area contributed by atoms with Crippen LogP contribution in [0.5, 0.6) is 0 Å². The molecule has 1 aliphatic rings. The minimum absolute atomic E-state index is 0.139. The van der Waals surface area contributed by atoms with Gasteiger partial charge in [0.2, 0.25) is 0 Å². The van der Waals surface area contributed by atoms with E-state index in [0.717, 1.165) is 43.4 Å². The average molecular weight is 456 g/mol. The monoisotopic (exact) mass is 456 g/mol. The van der Waals surface area contributed by atoms with E-state index in [1.807, 2.05) is 37.3 Å². The Morgan fingerprint density at radius 3 is 1.91 bits per heavy atom. The molecule has 0 radical (unpaired) electrons. The highest BCUT2D eigenvalue weighted by Gasteiger charge is 2.39. The molecule has 0 aliphatic heterocycles. The average Bonchev–Trinajstić information content (AvgIpc) is 2.77. The third-order valence-corrected chi connectivity index (χ3v) is 6.33. The Morgan fingerprint density at radius 1 is 0.906 bits per heavy atom.